The molecule has 0 heterocycles. The molecule has 0 radical (unpaired) electrons. The second-order valence-electron chi connectivity index (χ2n) is 6.99. The summed E-state index contributed by atoms with van der Waals surface area (Å²) in [5.41, 5.74) is 1.86. The minimum absolute atomic E-state index is 0.244. The number of carbonyl (C=O) groups is 1. The summed E-state index contributed by atoms with van der Waals surface area (Å²) in [5, 5.41) is 0. The molecule has 1 unspecified atom stereocenters. The Labute approximate surface area is 168 Å². The van der Waals surface area contributed by atoms with E-state index in [2.05, 4.69) is 6.92 Å². The fraction of sp³-hybridized carbons (Fsp3) is 0.458. The third kappa shape index (κ3) is 7.63. The van der Waals surface area contributed by atoms with Gasteiger partial charge < -0.3 is 14.2 Å². The Morgan fingerprint density at radius 3 is 2.18 bits per heavy atom. The summed E-state index contributed by atoms with van der Waals surface area (Å²) in [4.78, 5) is 12.2. The van der Waals surface area contributed by atoms with E-state index in [1.807, 2.05) is 55.5 Å². The fourth-order valence-electron chi connectivity index (χ4n) is 2.95. The number of esters is 1. The number of unbranched alkanes of at least 4 members (excludes halogenated alkanes) is 4. The van der Waals surface area contributed by atoms with Crippen molar-refractivity contribution < 1.29 is 19.0 Å². The second-order valence-corrected chi connectivity index (χ2v) is 6.99. The number of carbonyl (C=O) groups excluding carboxylic acids is 1. The standard InChI is InChI=1S/C24H32O4/c1-4-5-6-7-8-17-27-23-15-11-21(12-16-23)19(2)28-24(25)18-20-9-13-22(26-3)14-10-20/h9-16,19H,4-8,17-18H2,1-3H3. The third-order valence-corrected chi connectivity index (χ3v) is 4.68. The van der Waals surface area contributed by atoms with Gasteiger partial charge in [0.2, 0.25) is 0 Å². The average Bonchev–Trinajstić information content (AvgIpc) is 2.71. The van der Waals surface area contributed by atoms with Crippen LogP contribution < -0.4 is 9.47 Å². The minimum Gasteiger partial charge on any atom is -0.497 e. The minimum atomic E-state index is -0.297. The number of methoxy groups -OCH3 is 1. The lowest BCUT2D eigenvalue weighted by Gasteiger charge is -2.14. The lowest BCUT2D eigenvalue weighted by Crippen LogP contribution is -2.11. The van der Waals surface area contributed by atoms with Crippen LogP contribution in [0.15, 0.2) is 48.5 Å². The van der Waals surface area contributed by atoms with Crippen LogP contribution in [-0.2, 0) is 16.0 Å². The highest BCUT2D eigenvalue weighted by atomic mass is 16.5. The van der Waals surface area contributed by atoms with E-state index in [1.165, 1.54) is 25.7 Å². The van der Waals surface area contributed by atoms with E-state index in [-0.39, 0.29) is 18.5 Å². The molecule has 2 rings (SSSR count). The molecule has 4 nitrogen and oxygen atoms in total. The van der Waals surface area contributed by atoms with Crippen LogP contribution in [0, 0.1) is 0 Å². The van der Waals surface area contributed by atoms with Crippen LogP contribution in [0.2, 0.25) is 0 Å². The van der Waals surface area contributed by atoms with E-state index < -0.39 is 0 Å². The predicted octanol–water partition coefficient (Wildman–Crippen LogP) is 5.89. The van der Waals surface area contributed by atoms with Gasteiger partial charge in [-0.15, -0.1) is 0 Å². The molecule has 0 aliphatic carbocycles. The van der Waals surface area contributed by atoms with Gasteiger partial charge in [-0.2, -0.15) is 0 Å². The van der Waals surface area contributed by atoms with Gasteiger partial charge in [0.1, 0.15) is 17.6 Å². The van der Waals surface area contributed by atoms with Gasteiger partial charge >= 0.3 is 5.97 Å². The summed E-state index contributed by atoms with van der Waals surface area (Å²) in [6.45, 7) is 4.85. The molecule has 0 saturated carbocycles. The number of rotatable bonds is 12. The first-order chi connectivity index (χ1) is 13.6. The Hall–Kier alpha value is -2.49. The molecule has 2 aromatic carbocycles. The molecule has 2 aromatic rings. The maximum absolute atomic E-state index is 12.2. The van der Waals surface area contributed by atoms with E-state index >= 15 is 0 Å². The van der Waals surface area contributed by atoms with Crippen LogP contribution >= 0.6 is 0 Å². The third-order valence-electron chi connectivity index (χ3n) is 4.68. The molecule has 0 aliphatic heterocycles. The molecule has 0 amide bonds. The van der Waals surface area contributed by atoms with E-state index in [1.54, 1.807) is 7.11 Å². The Balaban J connectivity index is 1.75. The maximum Gasteiger partial charge on any atom is 0.310 e. The van der Waals surface area contributed by atoms with Crippen molar-refractivity contribution in [1.29, 1.82) is 0 Å². The zero-order chi connectivity index (χ0) is 20.2. The lowest BCUT2D eigenvalue weighted by atomic mass is 10.1. The molecule has 4 heteroatoms. The average molecular weight is 385 g/mol. The second kappa shape index (κ2) is 12.1. The summed E-state index contributed by atoms with van der Waals surface area (Å²) >= 11 is 0. The summed E-state index contributed by atoms with van der Waals surface area (Å²) in [6.07, 6.45) is 6.07. The van der Waals surface area contributed by atoms with Crippen molar-refractivity contribution in [2.45, 2.75) is 58.5 Å². The van der Waals surface area contributed by atoms with Gasteiger partial charge in [0.05, 0.1) is 20.1 Å². The first-order valence-corrected chi connectivity index (χ1v) is 10.2. The molecular weight excluding hydrogens is 352 g/mol. The summed E-state index contributed by atoms with van der Waals surface area (Å²) in [7, 11) is 1.62. The van der Waals surface area contributed by atoms with Crippen molar-refractivity contribution in [3.05, 3.63) is 59.7 Å². The van der Waals surface area contributed by atoms with Gasteiger partial charge in [0.25, 0.3) is 0 Å². The number of ether oxygens (including phenoxy) is 3. The van der Waals surface area contributed by atoms with E-state index in [9.17, 15) is 4.79 Å². The zero-order valence-electron chi connectivity index (χ0n) is 17.3. The van der Waals surface area contributed by atoms with Gasteiger partial charge in [0, 0.05) is 0 Å². The van der Waals surface area contributed by atoms with E-state index in [0.717, 1.165) is 35.7 Å². The van der Waals surface area contributed by atoms with Crippen LogP contribution in [0.25, 0.3) is 0 Å². The predicted molar refractivity (Wildman–Crippen MR) is 112 cm³/mol. The topological polar surface area (TPSA) is 44.8 Å². The molecule has 0 N–H and O–H groups in total. The highest BCUT2D eigenvalue weighted by Gasteiger charge is 2.12. The van der Waals surface area contributed by atoms with Gasteiger partial charge in [-0.1, -0.05) is 56.9 Å². The number of hydrogen-bond acceptors (Lipinski definition) is 4. The van der Waals surface area contributed by atoms with Crippen molar-refractivity contribution in [2.75, 3.05) is 13.7 Å². The molecule has 0 bridgehead atoms. The highest BCUT2D eigenvalue weighted by molar-refractivity contribution is 5.72. The molecule has 0 aromatic heterocycles. The maximum atomic E-state index is 12.2. The number of hydrogen-bond donors (Lipinski definition) is 0. The highest BCUT2D eigenvalue weighted by Crippen LogP contribution is 2.21. The van der Waals surface area contributed by atoms with Crippen LogP contribution in [0.3, 0.4) is 0 Å². The molecule has 1 atom stereocenters. The number of benzene rings is 2. The monoisotopic (exact) mass is 384 g/mol. The quantitative estimate of drug-likeness (QED) is 0.338. The molecule has 152 valence electrons. The zero-order valence-corrected chi connectivity index (χ0v) is 17.3. The van der Waals surface area contributed by atoms with Crippen LogP contribution in [-0.4, -0.2) is 19.7 Å². The Kier molecular flexibility index (Phi) is 9.40. The van der Waals surface area contributed by atoms with Gasteiger partial charge in [-0.25, -0.2) is 0 Å². The molecule has 0 saturated heterocycles. The summed E-state index contributed by atoms with van der Waals surface area (Å²) in [5.74, 6) is 1.38. The van der Waals surface area contributed by atoms with Crippen LogP contribution in [0.5, 0.6) is 11.5 Å². The molecule has 0 fully saturated rings. The van der Waals surface area contributed by atoms with E-state index in [0.29, 0.717) is 0 Å². The van der Waals surface area contributed by atoms with Crippen molar-refractivity contribution in [1.82, 2.24) is 0 Å². The first-order valence-electron chi connectivity index (χ1n) is 10.2. The normalized spacial score (nSPS) is 11.7. The molecule has 0 aliphatic rings. The summed E-state index contributed by atoms with van der Waals surface area (Å²) in [6, 6.07) is 15.2. The van der Waals surface area contributed by atoms with Crippen molar-refractivity contribution >= 4 is 5.97 Å². The Morgan fingerprint density at radius 2 is 1.54 bits per heavy atom. The van der Waals surface area contributed by atoms with E-state index in [4.69, 9.17) is 14.2 Å². The lowest BCUT2D eigenvalue weighted by molar-refractivity contribution is -0.147. The Bertz CT molecular complexity index is 692. The van der Waals surface area contributed by atoms with Crippen molar-refractivity contribution in [2.24, 2.45) is 0 Å². The SMILES string of the molecule is CCCCCCCOc1ccc(C(C)OC(=O)Cc2ccc(OC)cc2)cc1. The Morgan fingerprint density at radius 1 is 0.893 bits per heavy atom. The van der Waals surface area contributed by atoms with Crippen molar-refractivity contribution in [3.8, 4) is 11.5 Å². The van der Waals surface area contributed by atoms with Gasteiger partial charge in [-0.05, 0) is 48.7 Å². The molecular formula is C24H32O4. The van der Waals surface area contributed by atoms with Crippen LogP contribution in [0.1, 0.15) is 63.2 Å². The molecule has 0 spiro atoms. The fourth-order valence-corrected chi connectivity index (χ4v) is 2.95. The smallest absolute Gasteiger partial charge is 0.310 e. The van der Waals surface area contributed by atoms with Crippen LogP contribution in [0.4, 0.5) is 0 Å². The summed E-state index contributed by atoms with van der Waals surface area (Å²) < 4.78 is 16.5. The van der Waals surface area contributed by atoms with Crippen molar-refractivity contribution in [3.63, 3.8) is 0 Å². The van der Waals surface area contributed by atoms with Gasteiger partial charge in [0.15, 0.2) is 0 Å². The first kappa shape index (κ1) is 21.8. The largest absolute Gasteiger partial charge is 0.497 e. The molecule has 28 heavy (non-hydrogen) atoms. The van der Waals surface area contributed by atoms with Gasteiger partial charge in [-0.3, -0.25) is 4.79 Å².